The zero-order valence-electron chi connectivity index (χ0n) is 13.6. The minimum Gasteiger partial charge on any atom is -0.466 e. The number of nitrogens with one attached hydrogen (secondary N) is 1. The van der Waals surface area contributed by atoms with Gasteiger partial charge in [-0.3, -0.25) is 4.79 Å². The van der Waals surface area contributed by atoms with Gasteiger partial charge in [-0.05, 0) is 32.4 Å². The predicted octanol–water partition coefficient (Wildman–Crippen LogP) is 2.38. The lowest BCUT2D eigenvalue weighted by Gasteiger charge is -2.20. The van der Waals surface area contributed by atoms with E-state index in [1.54, 1.807) is 6.20 Å². The Morgan fingerprint density at radius 3 is 3.09 bits per heavy atom. The molecule has 3 heterocycles. The smallest absolute Gasteiger partial charge is 0.220 e. The van der Waals surface area contributed by atoms with Gasteiger partial charge in [-0.2, -0.15) is 0 Å². The Labute approximate surface area is 135 Å². The van der Waals surface area contributed by atoms with E-state index in [9.17, 15) is 4.79 Å². The summed E-state index contributed by atoms with van der Waals surface area (Å²) in [5.74, 6) is 2.63. The zero-order chi connectivity index (χ0) is 16.2. The molecule has 6 heteroatoms. The molecule has 1 aliphatic rings. The molecule has 1 amide bonds. The van der Waals surface area contributed by atoms with Gasteiger partial charge in [0.15, 0.2) is 0 Å². The second-order valence-electron chi connectivity index (χ2n) is 5.84. The van der Waals surface area contributed by atoms with Gasteiger partial charge >= 0.3 is 0 Å². The van der Waals surface area contributed by atoms with Crippen molar-refractivity contribution in [3.05, 3.63) is 41.9 Å². The fraction of sp³-hybridized carbons (Fsp3) is 0.529. The van der Waals surface area contributed by atoms with Gasteiger partial charge in [0.05, 0.1) is 6.04 Å². The molecule has 0 saturated carbocycles. The monoisotopic (exact) mass is 317 g/mol. The van der Waals surface area contributed by atoms with E-state index in [4.69, 9.17) is 9.15 Å². The van der Waals surface area contributed by atoms with Crippen molar-refractivity contribution in [2.45, 2.75) is 51.8 Å². The van der Waals surface area contributed by atoms with Gasteiger partial charge in [-0.1, -0.05) is 0 Å². The maximum absolute atomic E-state index is 12.2. The maximum atomic E-state index is 12.2. The highest BCUT2D eigenvalue weighted by molar-refractivity contribution is 5.76. The molecule has 2 aromatic rings. The summed E-state index contributed by atoms with van der Waals surface area (Å²) in [4.78, 5) is 16.6. The van der Waals surface area contributed by atoms with Crippen molar-refractivity contribution in [2.24, 2.45) is 0 Å². The quantitative estimate of drug-likeness (QED) is 0.888. The first-order chi connectivity index (χ1) is 11.2. The number of rotatable bonds is 6. The summed E-state index contributed by atoms with van der Waals surface area (Å²) in [6.07, 6.45) is 5.39. The highest BCUT2D eigenvalue weighted by Crippen LogP contribution is 2.28. The zero-order valence-corrected chi connectivity index (χ0v) is 13.6. The summed E-state index contributed by atoms with van der Waals surface area (Å²) >= 11 is 0. The van der Waals surface area contributed by atoms with Crippen LogP contribution in [0.2, 0.25) is 0 Å². The highest BCUT2D eigenvalue weighted by Gasteiger charge is 2.33. The number of aromatic nitrogens is 2. The fourth-order valence-electron chi connectivity index (χ4n) is 2.97. The third kappa shape index (κ3) is 3.64. The van der Waals surface area contributed by atoms with Crippen LogP contribution in [-0.4, -0.2) is 28.1 Å². The van der Waals surface area contributed by atoms with Gasteiger partial charge in [0.25, 0.3) is 0 Å². The number of carbonyl (C=O) groups is 1. The van der Waals surface area contributed by atoms with E-state index in [2.05, 4.69) is 21.8 Å². The van der Waals surface area contributed by atoms with E-state index in [-0.39, 0.29) is 18.1 Å². The Bertz CT molecular complexity index is 662. The SMILES string of the molecule is CCn1ccnc1[C@H]1OCC[C@@H]1NC(=O)CCc1ccc(C)o1. The number of aryl methyl sites for hydroxylation is 3. The molecule has 23 heavy (non-hydrogen) atoms. The van der Waals surface area contributed by atoms with Crippen LogP contribution in [-0.2, 0) is 22.5 Å². The van der Waals surface area contributed by atoms with Gasteiger partial charge in [0, 0.05) is 38.4 Å². The molecule has 0 aromatic carbocycles. The third-order valence-electron chi connectivity index (χ3n) is 4.18. The van der Waals surface area contributed by atoms with E-state index >= 15 is 0 Å². The minimum absolute atomic E-state index is 0.0199. The van der Waals surface area contributed by atoms with Crippen LogP contribution in [0.4, 0.5) is 0 Å². The van der Waals surface area contributed by atoms with Crippen molar-refractivity contribution in [1.82, 2.24) is 14.9 Å². The Hall–Kier alpha value is -2.08. The number of nitrogens with zero attached hydrogens (tertiary/aromatic N) is 2. The average Bonchev–Trinajstić information content (AvgIpc) is 3.25. The molecule has 6 nitrogen and oxygen atoms in total. The summed E-state index contributed by atoms with van der Waals surface area (Å²) in [5, 5.41) is 3.09. The first-order valence-corrected chi connectivity index (χ1v) is 8.14. The van der Waals surface area contributed by atoms with Crippen LogP contribution >= 0.6 is 0 Å². The lowest BCUT2D eigenvalue weighted by atomic mass is 10.1. The number of carbonyl (C=O) groups excluding carboxylic acids is 1. The molecular weight excluding hydrogens is 294 g/mol. The Morgan fingerprint density at radius 2 is 2.35 bits per heavy atom. The topological polar surface area (TPSA) is 69.3 Å². The number of ether oxygens (including phenoxy) is 1. The summed E-state index contributed by atoms with van der Waals surface area (Å²) in [5.41, 5.74) is 0. The first-order valence-electron chi connectivity index (χ1n) is 8.14. The van der Waals surface area contributed by atoms with E-state index in [1.807, 2.05) is 25.3 Å². The van der Waals surface area contributed by atoms with E-state index in [0.717, 1.165) is 30.3 Å². The van der Waals surface area contributed by atoms with Gasteiger partial charge in [-0.25, -0.2) is 4.98 Å². The molecule has 1 saturated heterocycles. The molecule has 0 spiro atoms. The van der Waals surface area contributed by atoms with Crippen molar-refractivity contribution < 1.29 is 13.9 Å². The molecule has 3 rings (SSSR count). The van der Waals surface area contributed by atoms with Crippen molar-refractivity contribution in [3.63, 3.8) is 0 Å². The van der Waals surface area contributed by atoms with E-state index in [1.165, 1.54) is 0 Å². The molecule has 124 valence electrons. The number of imidazole rings is 1. The standard InChI is InChI=1S/C17H23N3O3/c1-3-20-10-9-18-17(20)16-14(8-11-22-16)19-15(21)7-6-13-5-4-12(2)23-13/h4-5,9-10,14,16H,3,6-8,11H2,1-2H3,(H,19,21)/t14-,16-/m0/s1. The molecule has 1 aliphatic heterocycles. The van der Waals surface area contributed by atoms with Crippen LogP contribution in [0.5, 0.6) is 0 Å². The average molecular weight is 317 g/mol. The van der Waals surface area contributed by atoms with E-state index < -0.39 is 0 Å². The summed E-state index contributed by atoms with van der Waals surface area (Å²) < 4.78 is 13.4. The third-order valence-corrected chi connectivity index (χ3v) is 4.18. The van der Waals surface area contributed by atoms with Crippen molar-refractivity contribution in [2.75, 3.05) is 6.61 Å². The maximum Gasteiger partial charge on any atom is 0.220 e. The van der Waals surface area contributed by atoms with Gasteiger partial charge < -0.3 is 19.0 Å². The Morgan fingerprint density at radius 1 is 1.48 bits per heavy atom. The van der Waals surface area contributed by atoms with Gasteiger partial charge in [0.1, 0.15) is 23.4 Å². The molecule has 1 N–H and O–H groups in total. The Balaban J connectivity index is 1.57. The van der Waals surface area contributed by atoms with Crippen LogP contribution in [0.1, 0.15) is 43.2 Å². The summed E-state index contributed by atoms with van der Waals surface area (Å²) in [7, 11) is 0. The van der Waals surface area contributed by atoms with Crippen molar-refractivity contribution >= 4 is 5.91 Å². The molecule has 1 fully saturated rings. The van der Waals surface area contributed by atoms with Crippen molar-refractivity contribution in [1.29, 1.82) is 0 Å². The van der Waals surface area contributed by atoms with Crippen LogP contribution in [0, 0.1) is 6.92 Å². The fourth-order valence-corrected chi connectivity index (χ4v) is 2.97. The number of hydrogen-bond donors (Lipinski definition) is 1. The van der Waals surface area contributed by atoms with E-state index in [0.29, 0.717) is 19.4 Å². The normalized spacial score (nSPS) is 20.8. The molecule has 2 atom stereocenters. The molecule has 0 aliphatic carbocycles. The van der Waals surface area contributed by atoms with Gasteiger partial charge in [0.2, 0.25) is 5.91 Å². The van der Waals surface area contributed by atoms with Crippen LogP contribution < -0.4 is 5.32 Å². The van der Waals surface area contributed by atoms with Crippen LogP contribution in [0.25, 0.3) is 0 Å². The van der Waals surface area contributed by atoms with Crippen LogP contribution in [0.15, 0.2) is 28.9 Å². The number of amides is 1. The highest BCUT2D eigenvalue weighted by atomic mass is 16.5. The second-order valence-corrected chi connectivity index (χ2v) is 5.84. The first kappa shape index (κ1) is 15.8. The summed E-state index contributed by atoms with van der Waals surface area (Å²) in [6, 6.07) is 3.81. The predicted molar refractivity (Wildman–Crippen MR) is 84.9 cm³/mol. The number of hydrogen-bond acceptors (Lipinski definition) is 4. The van der Waals surface area contributed by atoms with Crippen LogP contribution in [0.3, 0.4) is 0 Å². The molecule has 0 bridgehead atoms. The number of furan rings is 1. The minimum atomic E-state index is -0.167. The lowest BCUT2D eigenvalue weighted by Crippen LogP contribution is -2.37. The molecule has 0 unspecified atom stereocenters. The molecule has 0 radical (unpaired) electrons. The Kier molecular flexibility index (Phi) is 4.81. The molecular formula is C17H23N3O3. The summed E-state index contributed by atoms with van der Waals surface area (Å²) in [6.45, 7) is 5.45. The molecule has 2 aromatic heterocycles. The second kappa shape index (κ2) is 7.00. The lowest BCUT2D eigenvalue weighted by molar-refractivity contribution is -0.122. The van der Waals surface area contributed by atoms with Gasteiger partial charge in [-0.15, -0.1) is 0 Å². The largest absolute Gasteiger partial charge is 0.466 e. The van der Waals surface area contributed by atoms with Crippen molar-refractivity contribution in [3.8, 4) is 0 Å².